The zero-order chi connectivity index (χ0) is 32.2. The van der Waals surface area contributed by atoms with Gasteiger partial charge in [-0.3, -0.25) is 0 Å². The van der Waals surface area contributed by atoms with E-state index in [0.717, 1.165) is 33.0 Å². The third-order valence-electron chi connectivity index (χ3n) is 7.94. The van der Waals surface area contributed by atoms with Crippen LogP contribution < -0.4 is 14.8 Å². The average Bonchev–Trinajstić information content (AvgIpc) is 3.00. The molecule has 0 aliphatic heterocycles. The lowest BCUT2D eigenvalue weighted by atomic mass is 9.84. The van der Waals surface area contributed by atoms with E-state index in [0.29, 0.717) is 28.8 Å². The van der Waals surface area contributed by atoms with Gasteiger partial charge in [0.05, 0.1) is 16.7 Å². The van der Waals surface area contributed by atoms with E-state index < -0.39 is 23.8 Å². The van der Waals surface area contributed by atoms with E-state index in [1.54, 1.807) is 49.5 Å². The lowest BCUT2D eigenvalue weighted by Crippen LogP contribution is -2.21. The SMILES string of the molecule is CNCC(c1ccc(OC(=O)c2ccc(C)cc2C)c(OC(=O)c2ccc(C)cc2C)c1)c1c(C(=O)O)ccc2ccccc12. The largest absolute Gasteiger partial charge is 0.478 e. The molecule has 2 N–H and O–H groups in total. The Hall–Kier alpha value is -5.27. The average molecular weight is 602 g/mol. The molecule has 5 aromatic carbocycles. The van der Waals surface area contributed by atoms with Crippen LogP contribution in [0.3, 0.4) is 0 Å². The molecule has 0 radical (unpaired) electrons. The molecule has 0 bridgehead atoms. The maximum Gasteiger partial charge on any atom is 0.343 e. The topological polar surface area (TPSA) is 102 Å². The lowest BCUT2D eigenvalue weighted by Gasteiger charge is -2.23. The van der Waals surface area contributed by atoms with E-state index in [1.807, 2.05) is 76.2 Å². The molecule has 0 aromatic heterocycles. The molecular weight excluding hydrogens is 566 g/mol. The number of ether oxygens (including phenoxy) is 2. The normalized spacial score (nSPS) is 11.7. The van der Waals surface area contributed by atoms with Gasteiger partial charge in [-0.25, -0.2) is 14.4 Å². The minimum absolute atomic E-state index is 0.0498. The number of carboxylic acids is 1. The van der Waals surface area contributed by atoms with Crippen LogP contribution in [0.5, 0.6) is 11.5 Å². The highest BCUT2D eigenvalue weighted by Crippen LogP contribution is 2.38. The molecule has 5 aromatic rings. The Morgan fingerprint density at radius 1 is 0.689 bits per heavy atom. The molecule has 45 heavy (non-hydrogen) atoms. The Kier molecular flexibility index (Phi) is 9.11. The quantitative estimate of drug-likeness (QED) is 0.133. The van der Waals surface area contributed by atoms with Crippen LogP contribution in [0, 0.1) is 27.7 Å². The molecule has 228 valence electrons. The Balaban J connectivity index is 1.64. The van der Waals surface area contributed by atoms with Crippen LogP contribution in [-0.2, 0) is 0 Å². The van der Waals surface area contributed by atoms with Gasteiger partial charge in [0.2, 0.25) is 0 Å². The van der Waals surface area contributed by atoms with E-state index in [1.165, 1.54) is 0 Å². The Morgan fingerprint density at radius 2 is 1.27 bits per heavy atom. The minimum atomic E-state index is -1.04. The minimum Gasteiger partial charge on any atom is -0.478 e. The van der Waals surface area contributed by atoms with Crippen LogP contribution in [0.25, 0.3) is 10.8 Å². The van der Waals surface area contributed by atoms with Gasteiger partial charge >= 0.3 is 17.9 Å². The summed E-state index contributed by atoms with van der Waals surface area (Å²) < 4.78 is 11.8. The van der Waals surface area contributed by atoms with E-state index >= 15 is 0 Å². The van der Waals surface area contributed by atoms with E-state index in [-0.39, 0.29) is 17.1 Å². The van der Waals surface area contributed by atoms with Crippen molar-refractivity contribution in [1.82, 2.24) is 5.32 Å². The number of aryl methyl sites for hydroxylation is 4. The number of likely N-dealkylation sites (N-methyl/N-ethyl adjacent to an activating group) is 1. The second-order valence-electron chi connectivity index (χ2n) is 11.3. The summed E-state index contributed by atoms with van der Waals surface area (Å²) in [5.41, 5.74) is 5.79. The van der Waals surface area contributed by atoms with Gasteiger partial charge in [-0.2, -0.15) is 0 Å². The van der Waals surface area contributed by atoms with Gasteiger partial charge in [-0.05, 0) is 98.1 Å². The first-order valence-corrected chi connectivity index (χ1v) is 14.7. The molecule has 0 fully saturated rings. The fraction of sp³-hybridized carbons (Fsp3) is 0.184. The Bertz CT molecular complexity index is 1940. The zero-order valence-corrected chi connectivity index (χ0v) is 25.9. The lowest BCUT2D eigenvalue weighted by molar-refractivity contribution is 0.0681. The van der Waals surface area contributed by atoms with Crippen molar-refractivity contribution in [2.45, 2.75) is 33.6 Å². The Morgan fingerprint density at radius 3 is 1.84 bits per heavy atom. The smallest absolute Gasteiger partial charge is 0.343 e. The number of carboxylic acid groups (broad SMARTS) is 1. The van der Waals surface area contributed by atoms with Crippen LogP contribution in [0.4, 0.5) is 0 Å². The first-order valence-electron chi connectivity index (χ1n) is 14.7. The van der Waals surface area contributed by atoms with Gasteiger partial charge in [0, 0.05) is 12.5 Å². The number of esters is 2. The third kappa shape index (κ3) is 6.64. The zero-order valence-electron chi connectivity index (χ0n) is 25.9. The molecule has 0 heterocycles. The number of benzene rings is 5. The fourth-order valence-electron chi connectivity index (χ4n) is 5.75. The molecule has 5 rings (SSSR count). The van der Waals surface area contributed by atoms with Crippen molar-refractivity contribution < 1.29 is 29.0 Å². The second-order valence-corrected chi connectivity index (χ2v) is 11.3. The van der Waals surface area contributed by atoms with Crippen molar-refractivity contribution in [3.63, 3.8) is 0 Å². The fourth-order valence-corrected chi connectivity index (χ4v) is 5.75. The summed E-state index contributed by atoms with van der Waals surface area (Å²) in [5.74, 6) is -2.56. The number of carbonyl (C=O) groups is 3. The van der Waals surface area contributed by atoms with Crippen molar-refractivity contribution in [1.29, 1.82) is 0 Å². The predicted molar refractivity (Wildman–Crippen MR) is 175 cm³/mol. The first kappa shape index (κ1) is 31.2. The van der Waals surface area contributed by atoms with Crippen LogP contribution in [0.2, 0.25) is 0 Å². The summed E-state index contributed by atoms with van der Waals surface area (Å²) in [6.45, 7) is 7.94. The predicted octanol–water partition coefficient (Wildman–Crippen LogP) is 7.56. The molecule has 0 aliphatic rings. The van der Waals surface area contributed by atoms with Crippen molar-refractivity contribution in [2.75, 3.05) is 13.6 Å². The van der Waals surface area contributed by atoms with Crippen molar-refractivity contribution >= 4 is 28.7 Å². The van der Waals surface area contributed by atoms with Gasteiger partial charge in [-0.1, -0.05) is 71.8 Å². The summed E-state index contributed by atoms with van der Waals surface area (Å²) in [4.78, 5) is 39.2. The van der Waals surface area contributed by atoms with Crippen molar-refractivity contribution in [2.24, 2.45) is 0 Å². The number of aromatic carboxylic acids is 1. The highest BCUT2D eigenvalue weighted by molar-refractivity contribution is 5.99. The molecule has 0 spiro atoms. The van der Waals surface area contributed by atoms with Crippen molar-refractivity contribution in [3.8, 4) is 11.5 Å². The monoisotopic (exact) mass is 601 g/mol. The maximum atomic E-state index is 13.5. The van der Waals surface area contributed by atoms with Crippen LogP contribution >= 0.6 is 0 Å². The first-order chi connectivity index (χ1) is 21.6. The van der Waals surface area contributed by atoms with E-state index in [9.17, 15) is 19.5 Å². The number of fused-ring (bicyclic) bond motifs is 1. The van der Waals surface area contributed by atoms with Crippen LogP contribution in [0.15, 0.2) is 91.0 Å². The molecule has 1 atom stereocenters. The Labute approximate surface area is 262 Å². The maximum absolute atomic E-state index is 13.5. The van der Waals surface area contributed by atoms with Crippen LogP contribution in [0.1, 0.15) is 70.4 Å². The summed E-state index contributed by atoms with van der Waals surface area (Å²) in [6, 6.07) is 26.9. The summed E-state index contributed by atoms with van der Waals surface area (Å²) >= 11 is 0. The number of rotatable bonds is 9. The molecule has 7 nitrogen and oxygen atoms in total. The number of hydrogen-bond donors (Lipinski definition) is 2. The number of carbonyl (C=O) groups excluding carboxylic acids is 2. The summed E-state index contributed by atoms with van der Waals surface area (Å²) in [7, 11) is 1.79. The van der Waals surface area contributed by atoms with Gasteiger partial charge in [-0.15, -0.1) is 0 Å². The molecule has 0 saturated carbocycles. The van der Waals surface area contributed by atoms with E-state index in [2.05, 4.69) is 5.32 Å². The molecule has 0 saturated heterocycles. The van der Waals surface area contributed by atoms with Crippen molar-refractivity contribution in [3.05, 3.63) is 141 Å². The van der Waals surface area contributed by atoms with Gasteiger partial charge < -0.3 is 19.9 Å². The molecule has 0 aliphatic carbocycles. The summed E-state index contributed by atoms with van der Waals surface area (Å²) in [5, 5.41) is 15.1. The highest BCUT2D eigenvalue weighted by atomic mass is 16.6. The third-order valence-corrected chi connectivity index (χ3v) is 7.94. The number of nitrogens with one attached hydrogen (secondary N) is 1. The molecule has 1 unspecified atom stereocenters. The molecular formula is C38H35NO6. The molecule has 0 amide bonds. The highest BCUT2D eigenvalue weighted by Gasteiger charge is 2.26. The van der Waals surface area contributed by atoms with E-state index in [4.69, 9.17) is 9.47 Å². The van der Waals surface area contributed by atoms with Gasteiger partial charge in [0.1, 0.15) is 0 Å². The molecule has 7 heteroatoms. The number of hydrogen-bond acceptors (Lipinski definition) is 6. The standard InChI is InChI=1S/C38H35NO6/c1-22-10-14-28(24(3)18-22)37(42)44-33-17-13-27(20-34(33)45-38(43)29-15-11-23(2)19-25(29)4)32(21-39-5)35-30-9-7-6-8-26(30)12-16-31(35)36(40)41/h6-20,32,39H,21H2,1-5H3,(H,40,41). The second kappa shape index (κ2) is 13.2. The van der Waals surface area contributed by atoms with Gasteiger partial charge in [0.25, 0.3) is 0 Å². The van der Waals surface area contributed by atoms with Crippen LogP contribution in [-0.4, -0.2) is 36.6 Å². The van der Waals surface area contributed by atoms with Gasteiger partial charge in [0.15, 0.2) is 11.5 Å². The summed E-state index contributed by atoms with van der Waals surface area (Å²) in [6.07, 6.45) is 0.